The second kappa shape index (κ2) is 59.0. The lowest BCUT2D eigenvalue weighted by atomic mass is 10.0. The van der Waals surface area contributed by atoms with Crippen LogP contribution in [0.15, 0.2) is 0 Å². The van der Waals surface area contributed by atoms with Crippen LogP contribution >= 0.6 is 15.6 Å². The largest absolute Gasteiger partial charge is 0.472 e. The highest BCUT2D eigenvalue weighted by Crippen LogP contribution is 2.45. The Hall–Kier alpha value is -1.94. The maximum atomic E-state index is 13.0. The average Bonchev–Trinajstić information content (AvgIpc) is 3.50. The molecule has 5 atom stereocenters. The number of phosphoric acid groups is 2. The first-order chi connectivity index (χ1) is 40.2. The molecule has 0 aliphatic rings. The first-order valence-electron chi connectivity index (χ1n) is 33.8. The van der Waals surface area contributed by atoms with Crippen molar-refractivity contribution in [1.29, 1.82) is 0 Å². The summed E-state index contributed by atoms with van der Waals surface area (Å²) in [5.74, 6) is -2.14. The zero-order valence-corrected chi connectivity index (χ0v) is 54.9. The monoisotopic (exact) mass is 1230 g/mol. The summed E-state index contributed by atoms with van der Waals surface area (Å²) in [6.45, 7) is 4.79. The van der Waals surface area contributed by atoms with Crippen molar-refractivity contribution in [2.24, 2.45) is 0 Å². The van der Waals surface area contributed by atoms with Gasteiger partial charge in [-0.3, -0.25) is 37.3 Å². The van der Waals surface area contributed by atoms with Gasteiger partial charge in [-0.05, 0) is 25.7 Å². The van der Waals surface area contributed by atoms with Crippen LogP contribution in [-0.4, -0.2) is 96.7 Å². The Balaban J connectivity index is 5.14. The molecule has 0 aromatic carbocycles. The lowest BCUT2D eigenvalue weighted by Gasteiger charge is -2.21. The standard InChI is InChI=1S/C64H124O17P2/c1-5-9-13-17-20-23-25-27-28-29-30-32-34-36-39-43-47-51-64(69)81-60(55-75-62(67)49-45-41-38-35-33-31-26-24-21-18-14-10-6-2)57-79-83(72,73)77-53-58(65)52-76-82(70,71)78-56-59(54-74-61(66)48-44-40-16-12-8-4)80-63(68)50-46-42-37-22-19-15-11-7-3/h58-60,65H,5-57H2,1-4H3,(H,70,71)(H,72,73)/t58-,59+,60+/m0/s1. The lowest BCUT2D eigenvalue weighted by molar-refractivity contribution is -0.161. The van der Waals surface area contributed by atoms with Crippen molar-refractivity contribution in [3.63, 3.8) is 0 Å². The fourth-order valence-electron chi connectivity index (χ4n) is 9.63. The van der Waals surface area contributed by atoms with Gasteiger partial charge in [0.2, 0.25) is 0 Å². The minimum absolute atomic E-state index is 0.104. The van der Waals surface area contributed by atoms with E-state index in [9.17, 15) is 43.2 Å². The van der Waals surface area contributed by atoms with Gasteiger partial charge >= 0.3 is 39.5 Å². The van der Waals surface area contributed by atoms with Crippen LogP contribution in [0.1, 0.15) is 329 Å². The molecule has 0 aromatic heterocycles. The van der Waals surface area contributed by atoms with Gasteiger partial charge in [-0.15, -0.1) is 0 Å². The predicted molar refractivity (Wildman–Crippen MR) is 331 cm³/mol. The van der Waals surface area contributed by atoms with Crippen LogP contribution in [0.25, 0.3) is 0 Å². The van der Waals surface area contributed by atoms with Crippen LogP contribution in [0.2, 0.25) is 0 Å². The number of ether oxygens (including phenoxy) is 4. The molecule has 0 amide bonds. The molecular formula is C64H124O17P2. The molecule has 0 aliphatic carbocycles. The summed E-state index contributed by atoms with van der Waals surface area (Å²) in [6.07, 6.45) is 44.9. The van der Waals surface area contributed by atoms with Crippen molar-refractivity contribution in [3.8, 4) is 0 Å². The van der Waals surface area contributed by atoms with Gasteiger partial charge in [-0.25, -0.2) is 9.13 Å². The zero-order valence-electron chi connectivity index (χ0n) is 53.2. The second-order valence-electron chi connectivity index (χ2n) is 23.2. The summed E-state index contributed by atoms with van der Waals surface area (Å²) in [5.41, 5.74) is 0. The molecule has 3 N–H and O–H groups in total. The van der Waals surface area contributed by atoms with Crippen molar-refractivity contribution >= 4 is 39.5 Å². The van der Waals surface area contributed by atoms with Crippen LogP contribution < -0.4 is 0 Å². The van der Waals surface area contributed by atoms with E-state index in [1.165, 1.54) is 148 Å². The van der Waals surface area contributed by atoms with Gasteiger partial charge in [0.15, 0.2) is 12.2 Å². The molecule has 2 unspecified atom stereocenters. The quantitative estimate of drug-likeness (QED) is 0.0222. The summed E-state index contributed by atoms with van der Waals surface area (Å²) in [5, 5.41) is 10.5. The number of hydrogen-bond donors (Lipinski definition) is 3. The number of hydrogen-bond acceptors (Lipinski definition) is 15. The predicted octanol–water partition coefficient (Wildman–Crippen LogP) is 17.9. The second-order valence-corrected chi connectivity index (χ2v) is 26.1. The van der Waals surface area contributed by atoms with E-state index >= 15 is 0 Å². The highest BCUT2D eigenvalue weighted by Gasteiger charge is 2.30. The summed E-state index contributed by atoms with van der Waals surface area (Å²) in [4.78, 5) is 71.9. The highest BCUT2D eigenvalue weighted by molar-refractivity contribution is 7.47. The van der Waals surface area contributed by atoms with E-state index in [-0.39, 0.29) is 25.7 Å². The van der Waals surface area contributed by atoms with Crippen molar-refractivity contribution in [2.45, 2.75) is 348 Å². The van der Waals surface area contributed by atoms with Crippen LogP contribution in [0.4, 0.5) is 0 Å². The van der Waals surface area contributed by atoms with Crippen LogP contribution in [-0.2, 0) is 65.4 Å². The van der Waals surface area contributed by atoms with E-state index in [1.807, 2.05) is 0 Å². The summed E-state index contributed by atoms with van der Waals surface area (Å²) in [6, 6.07) is 0. The third kappa shape index (κ3) is 58.8. The third-order valence-corrected chi connectivity index (χ3v) is 16.8. The number of carbonyl (C=O) groups excluding carboxylic acids is 4. The van der Waals surface area contributed by atoms with Crippen LogP contribution in [0, 0.1) is 0 Å². The van der Waals surface area contributed by atoms with E-state index in [4.69, 9.17) is 37.0 Å². The van der Waals surface area contributed by atoms with Crippen molar-refractivity contribution in [1.82, 2.24) is 0 Å². The zero-order chi connectivity index (χ0) is 61.2. The Morgan fingerprint density at radius 1 is 0.289 bits per heavy atom. The van der Waals surface area contributed by atoms with Gasteiger partial charge in [0.25, 0.3) is 0 Å². The molecule has 0 radical (unpaired) electrons. The summed E-state index contributed by atoms with van der Waals surface area (Å²) >= 11 is 0. The number of aliphatic hydroxyl groups is 1. The van der Waals surface area contributed by atoms with Gasteiger partial charge in [-0.1, -0.05) is 278 Å². The minimum atomic E-state index is -4.94. The molecular weight excluding hydrogens is 1100 g/mol. The van der Waals surface area contributed by atoms with E-state index in [0.29, 0.717) is 25.7 Å². The summed E-state index contributed by atoms with van der Waals surface area (Å²) < 4.78 is 67.7. The molecule has 83 heavy (non-hydrogen) atoms. The summed E-state index contributed by atoms with van der Waals surface area (Å²) in [7, 11) is -9.87. The molecule has 17 nitrogen and oxygen atoms in total. The van der Waals surface area contributed by atoms with Gasteiger partial charge in [-0.2, -0.15) is 0 Å². The van der Waals surface area contributed by atoms with E-state index in [2.05, 4.69) is 27.7 Å². The number of carbonyl (C=O) groups is 4. The highest BCUT2D eigenvalue weighted by atomic mass is 31.2. The molecule has 19 heteroatoms. The van der Waals surface area contributed by atoms with Gasteiger partial charge in [0, 0.05) is 25.7 Å². The molecule has 0 aliphatic heterocycles. The normalized spacial score (nSPS) is 14.2. The fourth-order valence-corrected chi connectivity index (χ4v) is 11.2. The topological polar surface area (TPSA) is 237 Å². The van der Waals surface area contributed by atoms with Crippen molar-refractivity contribution < 1.29 is 80.2 Å². The number of unbranched alkanes of at least 4 members (excludes halogenated alkanes) is 39. The lowest BCUT2D eigenvalue weighted by Crippen LogP contribution is -2.30. The molecule has 0 heterocycles. The molecule has 0 aromatic rings. The van der Waals surface area contributed by atoms with Gasteiger partial charge < -0.3 is 33.8 Å². The molecule has 0 rings (SSSR count). The Kier molecular flexibility index (Phi) is 57.7. The fraction of sp³-hybridized carbons (Fsp3) is 0.938. The number of esters is 4. The molecule has 0 fully saturated rings. The van der Waals surface area contributed by atoms with E-state index in [1.54, 1.807) is 0 Å². The molecule has 0 spiro atoms. The number of phosphoric ester groups is 2. The Morgan fingerprint density at radius 2 is 0.482 bits per heavy atom. The molecule has 0 saturated heterocycles. The Labute approximate surface area is 505 Å². The van der Waals surface area contributed by atoms with E-state index in [0.717, 1.165) is 103 Å². The third-order valence-electron chi connectivity index (χ3n) is 14.9. The first-order valence-corrected chi connectivity index (χ1v) is 36.8. The SMILES string of the molecule is CCCCCCCCCCCCCCCCCCCC(=O)O[C@H](COC(=O)CCCCCCCCCCCCCCC)COP(=O)(O)OC[C@@H](O)COP(=O)(O)OC[C@@H](COC(=O)CCCCCCC)OC(=O)CCCCCCCCCC. The smallest absolute Gasteiger partial charge is 0.462 e. The minimum Gasteiger partial charge on any atom is -0.462 e. The van der Waals surface area contributed by atoms with Gasteiger partial charge in [0.05, 0.1) is 26.4 Å². The first kappa shape index (κ1) is 81.1. The molecule has 492 valence electrons. The van der Waals surface area contributed by atoms with E-state index < -0.39 is 97.5 Å². The van der Waals surface area contributed by atoms with Crippen LogP contribution in [0.5, 0.6) is 0 Å². The molecule has 0 bridgehead atoms. The molecule has 0 saturated carbocycles. The van der Waals surface area contributed by atoms with Gasteiger partial charge in [0.1, 0.15) is 19.3 Å². The Bertz CT molecular complexity index is 1600. The average molecular weight is 1230 g/mol. The number of aliphatic hydroxyl groups excluding tert-OH is 1. The maximum Gasteiger partial charge on any atom is 0.472 e. The Morgan fingerprint density at radius 3 is 0.711 bits per heavy atom. The van der Waals surface area contributed by atoms with Crippen LogP contribution in [0.3, 0.4) is 0 Å². The van der Waals surface area contributed by atoms with Crippen molar-refractivity contribution in [3.05, 3.63) is 0 Å². The number of rotatable bonds is 65. The van der Waals surface area contributed by atoms with Crippen molar-refractivity contribution in [2.75, 3.05) is 39.6 Å². The maximum absolute atomic E-state index is 13.0.